The maximum atomic E-state index is 13.9. The lowest BCUT2D eigenvalue weighted by Gasteiger charge is -2.26. The van der Waals surface area contributed by atoms with Gasteiger partial charge < -0.3 is 9.64 Å². The molecule has 144 valence electrons. The lowest BCUT2D eigenvalue weighted by Crippen LogP contribution is -2.31. The van der Waals surface area contributed by atoms with E-state index in [0.29, 0.717) is 17.9 Å². The fourth-order valence-corrected chi connectivity index (χ4v) is 3.43. The summed E-state index contributed by atoms with van der Waals surface area (Å²) in [5.74, 6) is -0.770. The van der Waals surface area contributed by atoms with Gasteiger partial charge >= 0.3 is 0 Å². The second kappa shape index (κ2) is 9.55. The van der Waals surface area contributed by atoms with Crippen molar-refractivity contribution in [2.45, 2.75) is 31.7 Å². The van der Waals surface area contributed by atoms with Crippen LogP contribution < -0.4 is 4.74 Å². The minimum atomic E-state index is -1.02. The van der Waals surface area contributed by atoms with Gasteiger partial charge in [0.05, 0.1) is 6.61 Å². The molecule has 1 aliphatic rings. The molecule has 3 rings (SSSR count). The summed E-state index contributed by atoms with van der Waals surface area (Å²) in [6, 6.07) is 8.99. The Hall–Kier alpha value is -2.34. The molecule has 1 saturated heterocycles. The molecule has 0 saturated carbocycles. The molecule has 0 amide bonds. The van der Waals surface area contributed by atoms with E-state index in [2.05, 4.69) is 10.1 Å². The summed E-state index contributed by atoms with van der Waals surface area (Å²) in [6.07, 6.45) is 4.85. The van der Waals surface area contributed by atoms with Crippen LogP contribution in [0.5, 0.6) is 5.75 Å². The molecule has 1 atom stereocenters. The van der Waals surface area contributed by atoms with Crippen LogP contribution in [0.25, 0.3) is 0 Å². The second-order valence-corrected chi connectivity index (χ2v) is 6.85. The van der Waals surface area contributed by atoms with Gasteiger partial charge in [-0.2, -0.15) is 0 Å². The molecule has 0 aromatic heterocycles. The summed E-state index contributed by atoms with van der Waals surface area (Å²) in [5, 5.41) is 3.02. The molecule has 0 N–H and O–H groups in total. The average Bonchev–Trinajstić information content (AvgIpc) is 2.69. The highest BCUT2D eigenvalue weighted by Crippen LogP contribution is 2.29. The summed E-state index contributed by atoms with van der Waals surface area (Å²) in [7, 11) is 0. The lowest BCUT2D eigenvalue weighted by molar-refractivity contribution is 0.205. The van der Waals surface area contributed by atoms with Crippen LogP contribution in [-0.2, 0) is 0 Å². The van der Waals surface area contributed by atoms with Gasteiger partial charge in [0.15, 0.2) is 0 Å². The average molecular weight is 374 g/mol. The number of halogens is 2. The number of piperidine rings is 1. The predicted octanol–water partition coefficient (Wildman–Crippen LogP) is 5.08. The third-order valence-corrected chi connectivity index (χ3v) is 4.89. The van der Waals surface area contributed by atoms with Gasteiger partial charge in [-0.05, 0) is 56.1 Å². The fraction of sp³-hybridized carbons (Fsp3) is 0.429. The van der Waals surface area contributed by atoms with Gasteiger partial charge in [0, 0.05) is 18.2 Å². The van der Waals surface area contributed by atoms with Crippen molar-refractivity contribution in [1.82, 2.24) is 4.90 Å². The third kappa shape index (κ3) is 5.32. The van der Waals surface area contributed by atoms with E-state index in [1.807, 2.05) is 0 Å². The van der Waals surface area contributed by atoms with Crippen molar-refractivity contribution in [3.8, 4) is 5.75 Å². The number of hydrogen-bond donors (Lipinski definition) is 0. The Kier molecular flexibility index (Phi) is 6.87. The van der Waals surface area contributed by atoms with Crippen LogP contribution in [0.4, 0.5) is 8.78 Å². The van der Waals surface area contributed by atoms with Gasteiger partial charge in [-0.3, -0.25) is 0 Å². The predicted molar refractivity (Wildman–Crippen MR) is 101 cm³/mol. The largest absolute Gasteiger partial charge is 0.494 e. The highest BCUT2D eigenvalue weighted by atomic mass is 19.1. The Balaban J connectivity index is 1.54. The number of nitroso groups, excluding NO2 is 1. The molecule has 2 aromatic carbocycles. The first-order valence-electron chi connectivity index (χ1n) is 9.40. The SMILES string of the molecule is O=NC(c1ccc(OCCCN2CCCCC2)cc1)c1ccc(F)cc1F. The van der Waals surface area contributed by atoms with E-state index in [-0.39, 0.29) is 5.56 Å². The number of ether oxygens (including phenoxy) is 1. The third-order valence-electron chi connectivity index (χ3n) is 4.89. The van der Waals surface area contributed by atoms with Crippen LogP contribution in [0.2, 0.25) is 0 Å². The minimum Gasteiger partial charge on any atom is -0.494 e. The van der Waals surface area contributed by atoms with Crippen molar-refractivity contribution in [2.75, 3.05) is 26.2 Å². The van der Waals surface area contributed by atoms with Crippen molar-refractivity contribution in [2.24, 2.45) is 5.18 Å². The maximum Gasteiger partial charge on any atom is 0.145 e. The molecule has 6 heteroatoms. The maximum absolute atomic E-state index is 13.9. The molecule has 4 nitrogen and oxygen atoms in total. The summed E-state index contributed by atoms with van der Waals surface area (Å²) in [6.45, 7) is 4.01. The van der Waals surface area contributed by atoms with Crippen LogP contribution in [0.1, 0.15) is 42.9 Å². The molecule has 1 aliphatic heterocycles. The van der Waals surface area contributed by atoms with E-state index in [4.69, 9.17) is 4.74 Å². The number of likely N-dealkylation sites (tertiary alicyclic amines) is 1. The van der Waals surface area contributed by atoms with Crippen molar-refractivity contribution >= 4 is 0 Å². The van der Waals surface area contributed by atoms with Crippen molar-refractivity contribution < 1.29 is 13.5 Å². The summed E-state index contributed by atoms with van der Waals surface area (Å²) < 4.78 is 32.8. The Morgan fingerprint density at radius 1 is 1.04 bits per heavy atom. The molecule has 1 unspecified atom stereocenters. The highest BCUT2D eigenvalue weighted by Gasteiger charge is 2.19. The summed E-state index contributed by atoms with van der Waals surface area (Å²) in [4.78, 5) is 13.7. The zero-order chi connectivity index (χ0) is 19.1. The smallest absolute Gasteiger partial charge is 0.145 e. The molecule has 0 radical (unpaired) electrons. The second-order valence-electron chi connectivity index (χ2n) is 6.85. The Morgan fingerprint density at radius 2 is 1.78 bits per heavy atom. The van der Waals surface area contributed by atoms with E-state index in [1.54, 1.807) is 24.3 Å². The normalized spacial score (nSPS) is 16.1. The topological polar surface area (TPSA) is 41.9 Å². The van der Waals surface area contributed by atoms with E-state index in [9.17, 15) is 13.7 Å². The van der Waals surface area contributed by atoms with Crippen LogP contribution in [0.15, 0.2) is 47.6 Å². The van der Waals surface area contributed by atoms with Crippen LogP contribution in [0.3, 0.4) is 0 Å². The standard InChI is InChI=1S/C21H24F2N2O2/c22-17-7-10-19(20(23)15-17)21(24-26)16-5-8-18(9-6-16)27-14-4-13-25-11-2-1-3-12-25/h5-10,15,21H,1-4,11-14H2. The highest BCUT2D eigenvalue weighted by molar-refractivity contribution is 5.36. The minimum absolute atomic E-state index is 0.0570. The quantitative estimate of drug-likeness (QED) is 0.478. The van der Waals surface area contributed by atoms with Crippen molar-refractivity contribution in [3.05, 3.63) is 70.1 Å². The number of hydrogen-bond acceptors (Lipinski definition) is 4. The van der Waals surface area contributed by atoms with Crippen LogP contribution >= 0.6 is 0 Å². The molecule has 1 heterocycles. The van der Waals surface area contributed by atoms with Gasteiger partial charge in [0.1, 0.15) is 23.4 Å². The van der Waals surface area contributed by atoms with E-state index in [0.717, 1.165) is 25.1 Å². The van der Waals surface area contributed by atoms with Gasteiger partial charge in [0.25, 0.3) is 0 Å². The molecule has 1 fully saturated rings. The van der Waals surface area contributed by atoms with Gasteiger partial charge in [-0.25, -0.2) is 8.78 Å². The number of rotatable bonds is 8. The molecule has 27 heavy (non-hydrogen) atoms. The summed E-state index contributed by atoms with van der Waals surface area (Å²) >= 11 is 0. The Bertz CT molecular complexity index is 746. The van der Waals surface area contributed by atoms with Crippen LogP contribution in [0, 0.1) is 16.5 Å². The van der Waals surface area contributed by atoms with E-state index < -0.39 is 17.7 Å². The van der Waals surface area contributed by atoms with E-state index >= 15 is 0 Å². The van der Waals surface area contributed by atoms with Gasteiger partial charge in [-0.1, -0.05) is 29.8 Å². The van der Waals surface area contributed by atoms with Crippen LogP contribution in [-0.4, -0.2) is 31.1 Å². The monoisotopic (exact) mass is 374 g/mol. The fourth-order valence-electron chi connectivity index (χ4n) is 3.43. The molecule has 0 bridgehead atoms. The molecule has 0 spiro atoms. The van der Waals surface area contributed by atoms with Crippen molar-refractivity contribution in [3.63, 3.8) is 0 Å². The zero-order valence-electron chi connectivity index (χ0n) is 15.2. The first-order valence-corrected chi connectivity index (χ1v) is 9.40. The number of nitrogens with zero attached hydrogens (tertiary/aromatic N) is 2. The first kappa shape index (κ1) is 19.4. The molecule has 0 aliphatic carbocycles. The lowest BCUT2D eigenvalue weighted by atomic mass is 9.99. The van der Waals surface area contributed by atoms with Crippen molar-refractivity contribution in [1.29, 1.82) is 0 Å². The van der Waals surface area contributed by atoms with Gasteiger partial charge in [0.2, 0.25) is 0 Å². The van der Waals surface area contributed by atoms with Gasteiger partial charge in [-0.15, -0.1) is 4.91 Å². The molecular formula is C21H24F2N2O2. The molecule has 2 aromatic rings. The van der Waals surface area contributed by atoms with E-state index in [1.165, 1.54) is 38.4 Å². The Morgan fingerprint density at radius 3 is 2.44 bits per heavy atom. The first-order chi connectivity index (χ1) is 13.2. The zero-order valence-corrected chi connectivity index (χ0v) is 15.2. The Labute approximate surface area is 158 Å². The summed E-state index contributed by atoms with van der Waals surface area (Å²) in [5.41, 5.74) is 0.595. The molecular weight excluding hydrogens is 350 g/mol. The number of benzene rings is 2.